The van der Waals surface area contributed by atoms with E-state index in [0.29, 0.717) is 5.75 Å². The largest absolute Gasteiger partial charge is 0.507 e. The molecule has 0 bridgehead atoms. The third-order valence-electron chi connectivity index (χ3n) is 5.13. The Balaban J connectivity index is 0.00000364. The van der Waals surface area contributed by atoms with E-state index in [1.54, 1.807) is 0 Å². The molecule has 1 aliphatic heterocycles. The summed E-state index contributed by atoms with van der Waals surface area (Å²) >= 11 is 0. The molecule has 1 heterocycles. The highest BCUT2D eigenvalue weighted by molar-refractivity contribution is 5.85. The molecule has 0 aromatic heterocycles. The summed E-state index contributed by atoms with van der Waals surface area (Å²) in [4.78, 5) is 2.15. The van der Waals surface area contributed by atoms with Gasteiger partial charge < -0.3 is 10.4 Å². The fraction of sp³-hybridized carbons (Fsp3) is 0.714. The molecule has 6 heteroatoms. The van der Waals surface area contributed by atoms with Crippen LogP contribution in [-0.4, -0.2) is 42.6 Å². The van der Waals surface area contributed by atoms with Gasteiger partial charge >= 0.3 is 0 Å². The Morgan fingerprint density at radius 1 is 1.00 bits per heavy atom. The minimum Gasteiger partial charge on any atom is -0.507 e. The Kier molecular flexibility index (Phi) is 8.10. The molecule has 0 saturated carbocycles. The Morgan fingerprint density at radius 2 is 1.44 bits per heavy atom. The lowest BCUT2D eigenvalue weighted by molar-refractivity contribution is 0.0738. The van der Waals surface area contributed by atoms with Crippen molar-refractivity contribution < 1.29 is 13.9 Å². The number of phenols is 1. The fourth-order valence-electron chi connectivity index (χ4n) is 3.65. The summed E-state index contributed by atoms with van der Waals surface area (Å²) in [6, 6.07) is 3.55. The minimum atomic E-state index is -2.36. The quantitative estimate of drug-likeness (QED) is 0.740. The second-order valence-electron chi connectivity index (χ2n) is 9.39. The maximum absolute atomic E-state index is 13.4. The van der Waals surface area contributed by atoms with Crippen molar-refractivity contribution in [2.45, 2.75) is 71.3 Å². The predicted molar refractivity (Wildman–Crippen MR) is 111 cm³/mol. The van der Waals surface area contributed by atoms with Gasteiger partial charge in [0.1, 0.15) is 5.75 Å². The van der Waals surface area contributed by atoms with Crippen LogP contribution in [0, 0.1) is 0 Å². The molecule has 1 saturated heterocycles. The van der Waals surface area contributed by atoms with Crippen LogP contribution in [0.5, 0.6) is 5.75 Å². The van der Waals surface area contributed by atoms with E-state index in [1.807, 2.05) is 53.7 Å². The van der Waals surface area contributed by atoms with Gasteiger partial charge in [-0.25, -0.2) is 8.78 Å². The van der Waals surface area contributed by atoms with E-state index in [9.17, 15) is 13.9 Å². The lowest BCUT2D eigenvalue weighted by Gasteiger charge is -2.37. The van der Waals surface area contributed by atoms with Crippen LogP contribution in [0.4, 0.5) is 8.78 Å². The van der Waals surface area contributed by atoms with E-state index in [4.69, 9.17) is 0 Å². The Hall–Kier alpha value is -0.910. The van der Waals surface area contributed by atoms with Gasteiger partial charge in [-0.1, -0.05) is 41.5 Å². The standard InChI is InChI=1S/C21H34F2N2O.ClH/c1-20(2,3)15-11-14(12-16(19(15)26)21(4,5)6)17(13-18(22)23)25-9-7-24-8-10-25;/h11-12,17-18,24,26H,7-10,13H2,1-6H3;1H/t17-;/m1./s1. The number of hydrogen-bond acceptors (Lipinski definition) is 3. The molecule has 0 radical (unpaired) electrons. The molecule has 3 nitrogen and oxygen atoms in total. The molecule has 0 spiro atoms. The molecule has 1 aliphatic rings. The monoisotopic (exact) mass is 404 g/mol. The first-order chi connectivity index (χ1) is 11.9. The molecule has 156 valence electrons. The van der Waals surface area contributed by atoms with Crippen molar-refractivity contribution in [2.75, 3.05) is 26.2 Å². The third kappa shape index (κ3) is 6.03. The van der Waals surface area contributed by atoms with Crippen LogP contribution in [-0.2, 0) is 10.8 Å². The number of halogens is 3. The molecule has 2 N–H and O–H groups in total. The van der Waals surface area contributed by atoms with E-state index in [0.717, 1.165) is 42.9 Å². The molecule has 2 rings (SSSR count). The van der Waals surface area contributed by atoms with Crippen LogP contribution in [0.2, 0.25) is 0 Å². The zero-order valence-electron chi connectivity index (χ0n) is 17.4. The SMILES string of the molecule is CC(C)(C)c1cc([C@@H](CC(F)F)N2CCNCC2)cc(C(C)(C)C)c1O.Cl. The van der Waals surface area contributed by atoms with Gasteiger partial charge in [-0.05, 0) is 39.7 Å². The molecule has 0 amide bonds. The maximum atomic E-state index is 13.4. The zero-order valence-corrected chi connectivity index (χ0v) is 18.2. The summed E-state index contributed by atoms with van der Waals surface area (Å²) < 4.78 is 26.8. The van der Waals surface area contributed by atoms with Crippen LogP contribution in [0.15, 0.2) is 12.1 Å². The number of aromatic hydroxyl groups is 1. The molecule has 1 fully saturated rings. The van der Waals surface area contributed by atoms with E-state index in [-0.39, 0.29) is 35.7 Å². The van der Waals surface area contributed by atoms with Crippen molar-refractivity contribution in [1.82, 2.24) is 10.2 Å². The van der Waals surface area contributed by atoms with Crippen LogP contribution >= 0.6 is 12.4 Å². The van der Waals surface area contributed by atoms with Crippen molar-refractivity contribution in [1.29, 1.82) is 0 Å². The smallest absolute Gasteiger partial charge is 0.240 e. The molecule has 1 atom stereocenters. The van der Waals surface area contributed by atoms with E-state index in [1.165, 1.54) is 0 Å². The molecule has 1 aromatic carbocycles. The number of nitrogens with one attached hydrogen (secondary N) is 1. The van der Waals surface area contributed by atoms with Crippen molar-refractivity contribution in [2.24, 2.45) is 0 Å². The summed E-state index contributed by atoms with van der Waals surface area (Å²) in [6.45, 7) is 15.4. The van der Waals surface area contributed by atoms with Crippen LogP contribution in [0.1, 0.15) is 70.7 Å². The number of phenolic OH excluding ortho intramolecular Hbond substituents is 1. The van der Waals surface area contributed by atoms with Gasteiger partial charge in [-0.15, -0.1) is 12.4 Å². The van der Waals surface area contributed by atoms with Crippen molar-refractivity contribution >= 4 is 12.4 Å². The molecule has 27 heavy (non-hydrogen) atoms. The highest BCUT2D eigenvalue weighted by Gasteiger charge is 2.31. The summed E-state index contributed by atoms with van der Waals surface area (Å²) in [5, 5.41) is 14.2. The number of benzene rings is 1. The lowest BCUT2D eigenvalue weighted by atomic mass is 9.77. The topological polar surface area (TPSA) is 35.5 Å². The summed E-state index contributed by atoms with van der Waals surface area (Å²) in [6.07, 6.45) is -2.54. The second-order valence-corrected chi connectivity index (χ2v) is 9.39. The highest BCUT2D eigenvalue weighted by atomic mass is 35.5. The molecular formula is C21H35ClF2N2O. The summed E-state index contributed by atoms with van der Waals surface area (Å²) in [5.74, 6) is 0.296. The number of hydrogen-bond donors (Lipinski definition) is 2. The average Bonchev–Trinajstić information content (AvgIpc) is 2.51. The first-order valence-corrected chi connectivity index (χ1v) is 9.52. The van der Waals surface area contributed by atoms with Gasteiger partial charge in [0.2, 0.25) is 6.43 Å². The summed E-state index contributed by atoms with van der Waals surface area (Å²) in [5.41, 5.74) is 2.02. The molecular weight excluding hydrogens is 370 g/mol. The van der Waals surface area contributed by atoms with E-state index < -0.39 is 6.43 Å². The van der Waals surface area contributed by atoms with Gasteiger partial charge in [0.25, 0.3) is 0 Å². The molecule has 1 aromatic rings. The van der Waals surface area contributed by atoms with Gasteiger partial charge in [0.15, 0.2) is 0 Å². The van der Waals surface area contributed by atoms with Gasteiger partial charge in [-0.2, -0.15) is 0 Å². The van der Waals surface area contributed by atoms with Crippen LogP contribution in [0.25, 0.3) is 0 Å². The van der Waals surface area contributed by atoms with Gasteiger partial charge in [0, 0.05) is 38.6 Å². The second kappa shape index (κ2) is 9.06. The number of piperazine rings is 1. The van der Waals surface area contributed by atoms with Crippen molar-refractivity contribution in [3.8, 4) is 5.75 Å². The first kappa shape index (κ1) is 24.1. The zero-order chi connectivity index (χ0) is 19.7. The number of alkyl halides is 2. The third-order valence-corrected chi connectivity index (χ3v) is 5.13. The summed E-state index contributed by atoms with van der Waals surface area (Å²) in [7, 11) is 0. The first-order valence-electron chi connectivity index (χ1n) is 9.52. The van der Waals surface area contributed by atoms with Crippen LogP contribution in [0.3, 0.4) is 0 Å². The number of nitrogens with zero attached hydrogens (tertiary/aromatic N) is 1. The van der Waals surface area contributed by atoms with Crippen molar-refractivity contribution in [3.05, 3.63) is 28.8 Å². The lowest BCUT2D eigenvalue weighted by Crippen LogP contribution is -2.45. The molecule has 0 unspecified atom stereocenters. The minimum absolute atomic E-state index is 0. The molecule has 0 aliphatic carbocycles. The Morgan fingerprint density at radius 3 is 1.81 bits per heavy atom. The van der Waals surface area contributed by atoms with Crippen molar-refractivity contribution in [3.63, 3.8) is 0 Å². The van der Waals surface area contributed by atoms with Gasteiger partial charge in [-0.3, -0.25) is 4.90 Å². The number of rotatable bonds is 4. The van der Waals surface area contributed by atoms with Crippen LogP contribution < -0.4 is 5.32 Å². The van der Waals surface area contributed by atoms with E-state index >= 15 is 0 Å². The highest BCUT2D eigenvalue weighted by Crippen LogP contribution is 2.42. The maximum Gasteiger partial charge on any atom is 0.240 e. The fourth-order valence-corrected chi connectivity index (χ4v) is 3.65. The predicted octanol–water partition coefficient (Wildman–Crippen LogP) is 5.01. The van der Waals surface area contributed by atoms with Gasteiger partial charge in [0.05, 0.1) is 0 Å². The normalized spacial score (nSPS) is 17.7. The Bertz CT molecular complexity index is 583. The average molecular weight is 405 g/mol. The Labute approximate surface area is 168 Å². The van der Waals surface area contributed by atoms with E-state index in [2.05, 4.69) is 10.2 Å².